The van der Waals surface area contributed by atoms with Crippen molar-refractivity contribution < 1.29 is 26.4 Å². The van der Waals surface area contributed by atoms with Crippen molar-refractivity contribution in [3.63, 3.8) is 0 Å². The van der Waals surface area contributed by atoms with E-state index in [0.717, 1.165) is 12.1 Å². The standard InChI is InChI=1S/C17H14BrClF3NO3S/c1-2-27(25,26)15-6-4-12(19)7-11(15)9-23-16(24)10-3-5-14(18)13(8-10)17(20,21)22/h3-8H,2,9H2,1H3,(H,23,24). The Hall–Kier alpha value is -1.58. The fourth-order valence-electron chi connectivity index (χ4n) is 2.31. The Bertz CT molecular complexity index is 978. The van der Waals surface area contributed by atoms with E-state index in [1.165, 1.54) is 31.2 Å². The number of sulfone groups is 1. The van der Waals surface area contributed by atoms with E-state index >= 15 is 0 Å². The molecule has 0 spiro atoms. The largest absolute Gasteiger partial charge is 0.417 e. The summed E-state index contributed by atoms with van der Waals surface area (Å²) < 4.78 is 63.0. The molecule has 146 valence electrons. The predicted octanol–water partition coefficient (Wildman–Crippen LogP) is 4.84. The van der Waals surface area contributed by atoms with E-state index in [0.29, 0.717) is 0 Å². The van der Waals surface area contributed by atoms with Crippen LogP contribution in [0, 0.1) is 0 Å². The molecule has 0 saturated heterocycles. The van der Waals surface area contributed by atoms with Crippen molar-refractivity contribution in [3.05, 3.63) is 62.6 Å². The summed E-state index contributed by atoms with van der Waals surface area (Å²) in [5.74, 6) is -0.912. The summed E-state index contributed by atoms with van der Waals surface area (Å²) in [5.41, 5.74) is -0.925. The molecule has 2 aromatic carbocycles. The van der Waals surface area contributed by atoms with Crippen molar-refractivity contribution in [1.29, 1.82) is 0 Å². The maximum absolute atomic E-state index is 13.0. The third kappa shape index (κ3) is 5.24. The first kappa shape index (κ1) is 21.7. The van der Waals surface area contributed by atoms with E-state index in [1.54, 1.807) is 0 Å². The second kappa shape index (κ2) is 8.20. The summed E-state index contributed by atoms with van der Waals surface area (Å²) in [4.78, 5) is 12.3. The van der Waals surface area contributed by atoms with Gasteiger partial charge in [0.1, 0.15) is 0 Å². The average Bonchev–Trinajstić information content (AvgIpc) is 2.58. The lowest BCUT2D eigenvalue weighted by atomic mass is 10.1. The van der Waals surface area contributed by atoms with Crippen LogP contribution >= 0.6 is 27.5 Å². The van der Waals surface area contributed by atoms with Crippen molar-refractivity contribution >= 4 is 43.3 Å². The number of halogens is 5. The van der Waals surface area contributed by atoms with Crippen molar-refractivity contribution in [1.82, 2.24) is 5.32 Å². The molecule has 0 bridgehead atoms. The molecule has 4 nitrogen and oxygen atoms in total. The molecule has 0 fully saturated rings. The number of nitrogens with one attached hydrogen (secondary N) is 1. The summed E-state index contributed by atoms with van der Waals surface area (Å²) in [6.07, 6.45) is -4.62. The summed E-state index contributed by atoms with van der Waals surface area (Å²) >= 11 is 8.70. The maximum atomic E-state index is 13.0. The Labute approximate surface area is 167 Å². The predicted molar refractivity (Wildman–Crippen MR) is 99.5 cm³/mol. The minimum absolute atomic E-state index is 0.0153. The van der Waals surface area contributed by atoms with Crippen LogP contribution in [0.5, 0.6) is 0 Å². The average molecular weight is 485 g/mol. The molecule has 0 aliphatic rings. The van der Waals surface area contributed by atoms with Gasteiger partial charge in [0.25, 0.3) is 5.91 Å². The first-order valence-electron chi connectivity index (χ1n) is 7.62. The summed E-state index contributed by atoms with van der Waals surface area (Å²) in [7, 11) is -3.55. The van der Waals surface area contributed by atoms with Crippen molar-refractivity contribution in [2.45, 2.75) is 24.5 Å². The van der Waals surface area contributed by atoms with Gasteiger partial charge in [-0.05, 0) is 42.0 Å². The third-order valence-corrected chi connectivity index (χ3v) is 6.47. The van der Waals surface area contributed by atoms with Crippen LogP contribution in [0.2, 0.25) is 5.02 Å². The number of amides is 1. The quantitative estimate of drug-likeness (QED) is 0.660. The number of rotatable bonds is 5. The molecule has 0 atom stereocenters. The zero-order valence-electron chi connectivity index (χ0n) is 13.9. The van der Waals surface area contributed by atoms with Gasteiger partial charge in [-0.25, -0.2) is 8.42 Å². The topological polar surface area (TPSA) is 63.2 Å². The highest BCUT2D eigenvalue weighted by molar-refractivity contribution is 9.10. The van der Waals surface area contributed by atoms with Crippen molar-refractivity contribution in [2.75, 3.05) is 5.75 Å². The van der Waals surface area contributed by atoms with Gasteiger partial charge in [-0.1, -0.05) is 34.5 Å². The molecule has 1 N–H and O–H groups in total. The second-order valence-corrected chi connectivity index (χ2v) is 9.07. The number of carbonyl (C=O) groups is 1. The second-order valence-electron chi connectivity index (χ2n) is 5.53. The van der Waals surface area contributed by atoms with Gasteiger partial charge in [0, 0.05) is 21.6 Å². The van der Waals surface area contributed by atoms with E-state index < -0.39 is 27.5 Å². The van der Waals surface area contributed by atoms with Crippen LogP contribution < -0.4 is 5.32 Å². The van der Waals surface area contributed by atoms with Crippen LogP contribution in [0.25, 0.3) is 0 Å². The normalized spacial score (nSPS) is 12.1. The van der Waals surface area contributed by atoms with Gasteiger partial charge in [0.2, 0.25) is 0 Å². The van der Waals surface area contributed by atoms with E-state index in [-0.39, 0.29) is 37.8 Å². The SMILES string of the molecule is CCS(=O)(=O)c1ccc(Cl)cc1CNC(=O)c1ccc(Br)c(C(F)(F)F)c1. The zero-order valence-corrected chi connectivity index (χ0v) is 17.1. The summed E-state index contributed by atoms with van der Waals surface area (Å²) in [5, 5.41) is 2.71. The molecule has 0 radical (unpaired) electrons. The van der Waals surface area contributed by atoms with Crippen molar-refractivity contribution in [2.24, 2.45) is 0 Å². The van der Waals surface area contributed by atoms with Crippen LogP contribution in [0.4, 0.5) is 13.2 Å². The Kier molecular flexibility index (Phi) is 6.59. The van der Waals surface area contributed by atoms with E-state index in [2.05, 4.69) is 21.2 Å². The van der Waals surface area contributed by atoms with Crippen LogP contribution in [0.3, 0.4) is 0 Å². The van der Waals surface area contributed by atoms with Gasteiger partial charge in [0.15, 0.2) is 9.84 Å². The van der Waals surface area contributed by atoms with Crippen LogP contribution in [-0.2, 0) is 22.6 Å². The molecule has 27 heavy (non-hydrogen) atoms. The Morgan fingerprint density at radius 3 is 2.44 bits per heavy atom. The van der Waals surface area contributed by atoms with Gasteiger partial charge in [-0.15, -0.1) is 0 Å². The van der Waals surface area contributed by atoms with Gasteiger partial charge in [-0.3, -0.25) is 4.79 Å². The van der Waals surface area contributed by atoms with Crippen LogP contribution in [-0.4, -0.2) is 20.1 Å². The first-order chi connectivity index (χ1) is 12.5. The minimum Gasteiger partial charge on any atom is -0.348 e. The fourth-order valence-corrected chi connectivity index (χ4v) is 4.09. The monoisotopic (exact) mass is 483 g/mol. The molecule has 2 aromatic rings. The van der Waals surface area contributed by atoms with Crippen molar-refractivity contribution in [3.8, 4) is 0 Å². The summed E-state index contributed by atoms with van der Waals surface area (Å²) in [6, 6.07) is 7.23. The lowest BCUT2D eigenvalue weighted by molar-refractivity contribution is -0.138. The van der Waals surface area contributed by atoms with Gasteiger partial charge >= 0.3 is 6.18 Å². The number of hydrogen-bond acceptors (Lipinski definition) is 3. The molecule has 0 saturated carbocycles. The maximum Gasteiger partial charge on any atom is 0.417 e. The highest BCUT2D eigenvalue weighted by Crippen LogP contribution is 2.35. The molecule has 0 aliphatic heterocycles. The Balaban J connectivity index is 2.28. The highest BCUT2D eigenvalue weighted by Gasteiger charge is 2.33. The van der Waals surface area contributed by atoms with E-state index in [9.17, 15) is 26.4 Å². The van der Waals surface area contributed by atoms with E-state index in [1.807, 2.05) is 0 Å². The molecule has 1 amide bonds. The highest BCUT2D eigenvalue weighted by atomic mass is 79.9. The lowest BCUT2D eigenvalue weighted by Crippen LogP contribution is -2.24. The summed E-state index contributed by atoms with van der Waals surface area (Å²) in [6.45, 7) is 1.28. The van der Waals surface area contributed by atoms with Crippen LogP contribution in [0.1, 0.15) is 28.4 Å². The molecule has 2 rings (SSSR count). The molecule has 10 heteroatoms. The number of benzene rings is 2. The van der Waals surface area contributed by atoms with Gasteiger partial charge < -0.3 is 5.32 Å². The third-order valence-electron chi connectivity index (χ3n) is 3.71. The molecule has 0 unspecified atom stereocenters. The lowest BCUT2D eigenvalue weighted by Gasteiger charge is -2.13. The number of hydrogen-bond donors (Lipinski definition) is 1. The zero-order chi connectivity index (χ0) is 20.4. The number of carbonyl (C=O) groups excluding carboxylic acids is 1. The molecule has 0 heterocycles. The molecule has 0 aromatic heterocycles. The number of alkyl halides is 3. The Morgan fingerprint density at radius 2 is 1.85 bits per heavy atom. The van der Waals surface area contributed by atoms with Gasteiger partial charge in [-0.2, -0.15) is 13.2 Å². The first-order valence-corrected chi connectivity index (χ1v) is 10.4. The van der Waals surface area contributed by atoms with Crippen LogP contribution in [0.15, 0.2) is 45.8 Å². The van der Waals surface area contributed by atoms with E-state index in [4.69, 9.17) is 11.6 Å². The molecular weight excluding hydrogens is 471 g/mol. The van der Waals surface area contributed by atoms with Gasteiger partial charge in [0.05, 0.1) is 16.2 Å². The minimum atomic E-state index is -4.62. The fraction of sp³-hybridized carbons (Fsp3) is 0.235. The smallest absolute Gasteiger partial charge is 0.348 e. The Morgan fingerprint density at radius 1 is 1.19 bits per heavy atom. The molecular formula is C17H14BrClF3NO3S. The molecule has 0 aliphatic carbocycles.